The van der Waals surface area contributed by atoms with Crippen molar-refractivity contribution in [3.05, 3.63) is 46.5 Å². The van der Waals surface area contributed by atoms with Crippen LogP contribution in [0.3, 0.4) is 0 Å². The Morgan fingerprint density at radius 3 is 2.48 bits per heavy atom. The van der Waals surface area contributed by atoms with Crippen LogP contribution < -0.4 is 20.1 Å². The maximum absolute atomic E-state index is 12.6. The van der Waals surface area contributed by atoms with Crippen LogP contribution in [-0.4, -0.2) is 25.0 Å². The number of amides is 2. The first-order chi connectivity index (χ1) is 12.0. The van der Waals surface area contributed by atoms with Gasteiger partial charge in [0.25, 0.3) is 5.91 Å². The zero-order valence-corrected chi connectivity index (χ0v) is 14.6. The Morgan fingerprint density at radius 2 is 1.76 bits per heavy atom. The van der Waals surface area contributed by atoms with E-state index in [-0.39, 0.29) is 11.8 Å². The van der Waals surface area contributed by atoms with E-state index in [1.54, 1.807) is 24.3 Å². The minimum absolute atomic E-state index is 0.176. The van der Waals surface area contributed by atoms with Crippen LogP contribution in [0.15, 0.2) is 30.3 Å². The van der Waals surface area contributed by atoms with Crippen LogP contribution in [-0.2, 0) is 4.79 Å². The monoisotopic (exact) mass is 360 g/mol. The molecule has 0 radical (unpaired) electrons. The lowest BCUT2D eigenvalue weighted by Crippen LogP contribution is -2.18. The first-order valence-electron chi connectivity index (χ1n) is 7.73. The van der Waals surface area contributed by atoms with Crippen LogP contribution in [0.5, 0.6) is 11.5 Å². The predicted octanol–water partition coefficient (Wildman–Crippen LogP) is 3.63. The van der Waals surface area contributed by atoms with E-state index in [1.165, 1.54) is 13.0 Å². The summed E-state index contributed by atoms with van der Waals surface area (Å²) >= 11 is 6.18. The molecular weight excluding hydrogens is 344 g/mol. The molecule has 2 aromatic rings. The van der Waals surface area contributed by atoms with Crippen molar-refractivity contribution in [3.63, 3.8) is 0 Å². The van der Waals surface area contributed by atoms with Crippen LogP contribution in [0, 0.1) is 6.92 Å². The van der Waals surface area contributed by atoms with Crippen molar-refractivity contribution in [3.8, 4) is 11.5 Å². The summed E-state index contributed by atoms with van der Waals surface area (Å²) in [4.78, 5) is 23.8. The summed E-state index contributed by atoms with van der Waals surface area (Å²) in [5.74, 6) is 0.396. The van der Waals surface area contributed by atoms with Gasteiger partial charge in [-0.05, 0) is 36.8 Å². The molecule has 0 spiro atoms. The Hall–Kier alpha value is -2.73. The molecule has 130 valence electrons. The number of ether oxygens (including phenoxy) is 2. The Balaban J connectivity index is 1.86. The standard InChI is InChI=1S/C18H17ClN2O4/c1-10-14(20-11(2)22)4-3-5-15(10)21-18(23)12-8-13(19)17-16(9-12)24-6-7-25-17/h3-5,8-9H,6-7H2,1-2H3,(H,20,22)(H,21,23). The molecule has 2 aromatic carbocycles. The first-order valence-corrected chi connectivity index (χ1v) is 8.11. The van der Waals surface area contributed by atoms with Crippen LogP contribution >= 0.6 is 11.6 Å². The highest BCUT2D eigenvalue weighted by Crippen LogP contribution is 2.38. The molecule has 2 amide bonds. The van der Waals surface area contributed by atoms with Gasteiger partial charge >= 0.3 is 0 Å². The third-order valence-electron chi connectivity index (χ3n) is 3.75. The number of hydrogen-bond acceptors (Lipinski definition) is 4. The number of anilines is 2. The van der Waals surface area contributed by atoms with E-state index in [0.717, 1.165) is 5.56 Å². The number of hydrogen-bond donors (Lipinski definition) is 2. The first kappa shape index (κ1) is 17.1. The van der Waals surface area contributed by atoms with E-state index < -0.39 is 0 Å². The molecule has 6 nitrogen and oxygen atoms in total. The SMILES string of the molecule is CC(=O)Nc1cccc(NC(=O)c2cc(Cl)c3c(c2)OCCO3)c1C. The molecule has 0 atom stereocenters. The number of carbonyl (C=O) groups excluding carboxylic acids is 2. The lowest BCUT2D eigenvalue weighted by atomic mass is 10.1. The van der Waals surface area contributed by atoms with Crippen LogP contribution in [0.2, 0.25) is 5.02 Å². The third kappa shape index (κ3) is 3.69. The number of nitrogens with one attached hydrogen (secondary N) is 2. The fourth-order valence-corrected chi connectivity index (χ4v) is 2.80. The van der Waals surface area contributed by atoms with Gasteiger partial charge in [0.15, 0.2) is 11.5 Å². The van der Waals surface area contributed by atoms with Crippen molar-refractivity contribution in [2.75, 3.05) is 23.8 Å². The molecule has 0 bridgehead atoms. The van der Waals surface area contributed by atoms with Gasteiger partial charge in [0, 0.05) is 23.9 Å². The molecule has 0 aromatic heterocycles. The van der Waals surface area contributed by atoms with Gasteiger partial charge in [-0.2, -0.15) is 0 Å². The van der Waals surface area contributed by atoms with Crippen LogP contribution in [0.4, 0.5) is 11.4 Å². The van der Waals surface area contributed by atoms with E-state index in [2.05, 4.69) is 10.6 Å². The van der Waals surface area contributed by atoms with Crippen molar-refractivity contribution < 1.29 is 19.1 Å². The zero-order chi connectivity index (χ0) is 18.0. The normalized spacial score (nSPS) is 12.4. The van der Waals surface area contributed by atoms with E-state index in [0.29, 0.717) is 46.7 Å². The van der Waals surface area contributed by atoms with Gasteiger partial charge in [0.05, 0.1) is 5.02 Å². The predicted molar refractivity (Wildman–Crippen MR) is 95.9 cm³/mol. The molecule has 0 aliphatic carbocycles. The lowest BCUT2D eigenvalue weighted by Gasteiger charge is -2.20. The fourth-order valence-electron chi connectivity index (χ4n) is 2.53. The van der Waals surface area contributed by atoms with E-state index in [9.17, 15) is 9.59 Å². The van der Waals surface area contributed by atoms with Gasteiger partial charge in [0.2, 0.25) is 5.91 Å². The highest BCUT2D eigenvalue weighted by atomic mass is 35.5. The van der Waals surface area contributed by atoms with Gasteiger partial charge in [-0.25, -0.2) is 0 Å². The molecule has 25 heavy (non-hydrogen) atoms. The van der Waals surface area contributed by atoms with Gasteiger partial charge in [-0.15, -0.1) is 0 Å². The van der Waals surface area contributed by atoms with Gasteiger partial charge in [0.1, 0.15) is 13.2 Å². The smallest absolute Gasteiger partial charge is 0.255 e. The van der Waals surface area contributed by atoms with Crippen molar-refractivity contribution in [2.24, 2.45) is 0 Å². The summed E-state index contributed by atoms with van der Waals surface area (Å²) in [5, 5.41) is 5.88. The summed E-state index contributed by atoms with van der Waals surface area (Å²) in [6.45, 7) is 4.08. The second-order valence-electron chi connectivity index (χ2n) is 5.60. The topological polar surface area (TPSA) is 76.7 Å². The van der Waals surface area contributed by atoms with Gasteiger partial charge in [-0.3, -0.25) is 9.59 Å². The summed E-state index contributed by atoms with van der Waals surface area (Å²) in [6, 6.07) is 8.43. The highest BCUT2D eigenvalue weighted by Gasteiger charge is 2.20. The maximum atomic E-state index is 12.6. The van der Waals surface area contributed by atoms with E-state index in [1.807, 2.05) is 6.92 Å². The summed E-state index contributed by atoms with van der Waals surface area (Å²) in [5.41, 5.74) is 2.36. The van der Waals surface area contributed by atoms with Crippen LogP contribution in [0.1, 0.15) is 22.8 Å². The number of carbonyl (C=O) groups is 2. The summed E-state index contributed by atoms with van der Waals surface area (Å²) < 4.78 is 10.9. The van der Waals surface area contributed by atoms with Crippen molar-refractivity contribution in [1.29, 1.82) is 0 Å². The number of fused-ring (bicyclic) bond motifs is 1. The quantitative estimate of drug-likeness (QED) is 0.876. The molecule has 3 rings (SSSR count). The molecule has 0 unspecified atom stereocenters. The van der Waals surface area contributed by atoms with Gasteiger partial charge < -0.3 is 20.1 Å². The number of halogens is 1. The van der Waals surface area contributed by atoms with Gasteiger partial charge in [-0.1, -0.05) is 17.7 Å². The van der Waals surface area contributed by atoms with E-state index in [4.69, 9.17) is 21.1 Å². The highest BCUT2D eigenvalue weighted by molar-refractivity contribution is 6.32. The average molecular weight is 361 g/mol. The Kier molecular flexibility index (Phi) is 4.81. The molecule has 0 fully saturated rings. The van der Waals surface area contributed by atoms with Crippen molar-refractivity contribution >= 4 is 34.8 Å². The number of rotatable bonds is 3. The molecule has 0 saturated heterocycles. The molecular formula is C18H17ClN2O4. The Morgan fingerprint density at radius 1 is 1.08 bits per heavy atom. The Labute approximate surface area is 150 Å². The lowest BCUT2D eigenvalue weighted by molar-refractivity contribution is -0.114. The summed E-state index contributed by atoms with van der Waals surface area (Å²) in [6.07, 6.45) is 0. The fraction of sp³-hybridized carbons (Fsp3) is 0.222. The molecule has 7 heteroatoms. The minimum Gasteiger partial charge on any atom is -0.486 e. The third-order valence-corrected chi connectivity index (χ3v) is 4.03. The van der Waals surface area contributed by atoms with Crippen molar-refractivity contribution in [1.82, 2.24) is 0 Å². The number of benzene rings is 2. The minimum atomic E-state index is -0.332. The second kappa shape index (κ2) is 7.03. The molecule has 2 N–H and O–H groups in total. The summed E-state index contributed by atoms with van der Waals surface area (Å²) in [7, 11) is 0. The molecule has 1 heterocycles. The molecule has 0 saturated carbocycles. The van der Waals surface area contributed by atoms with Crippen molar-refractivity contribution in [2.45, 2.75) is 13.8 Å². The Bertz CT molecular complexity index is 851. The van der Waals surface area contributed by atoms with Crippen LogP contribution in [0.25, 0.3) is 0 Å². The maximum Gasteiger partial charge on any atom is 0.255 e. The second-order valence-corrected chi connectivity index (χ2v) is 6.00. The molecule has 1 aliphatic heterocycles. The van der Waals surface area contributed by atoms with E-state index >= 15 is 0 Å². The average Bonchev–Trinajstić information content (AvgIpc) is 2.58. The zero-order valence-electron chi connectivity index (χ0n) is 13.8. The molecule has 1 aliphatic rings. The largest absolute Gasteiger partial charge is 0.486 e.